The first-order valence-corrected chi connectivity index (χ1v) is 9.32. The highest BCUT2D eigenvalue weighted by molar-refractivity contribution is 5.46. The molecule has 4 heterocycles. The van der Waals surface area contributed by atoms with E-state index in [0.29, 0.717) is 17.7 Å². The van der Waals surface area contributed by atoms with E-state index in [-0.39, 0.29) is 0 Å². The largest absolute Gasteiger partial charge is 0.481 e. The molecule has 0 aliphatic carbocycles. The summed E-state index contributed by atoms with van der Waals surface area (Å²) in [4.78, 5) is 24.8. The maximum absolute atomic E-state index is 5.25. The number of aromatic nitrogens is 4. The van der Waals surface area contributed by atoms with Gasteiger partial charge in [0.15, 0.2) is 0 Å². The number of ether oxygens (including phenoxy) is 2. The normalized spacial score (nSPS) is 17.3. The van der Waals surface area contributed by atoms with Gasteiger partial charge in [0, 0.05) is 45.5 Å². The van der Waals surface area contributed by atoms with Gasteiger partial charge in [-0.1, -0.05) is 0 Å². The lowest BCUT2D eigenvalue weighted by atomic mass is 10.3. The Bertz CT molecular complexity index is 752. The molecular weight excluding hydrogens is 346 g/mol. The van der Waals surface area contributed by atoms with Crippen molar-refractivity contribution in [1.82, 2.24) is 19.9 Å². The molecule has 2 fully saturated rings. The number of nitrogens with zero attached hydrogens (tertiary/aromatic N) is 7. The number of rotatable bonds is 5. The number of anilines is 3. The van der Waals surface area contributed by atoms with E-state index in [1.165, 1.54) is 12.8 Å². The van der Waals surface area contributed by atoms with E-state index in [1.54, 1.807) is 20.3 Å². The molecule has 0 saturated carbocycles. The van der Waals surface area contributed by atoms with Crippen LogP contribution < -0.4 is 24.2 Å². The van der Waals surface area contributed by atoms with Crippen LogP contribution in [-0.2, 0) is 0 Å². The van der Waals surface area contributed by atoms with Crippen LogP contribution in [0.2, 0.25) is 0 Å². The summed E-state index contributed by atoms with van der Waals surface area (Å²) in [6.45, 7) is 5.36. The van der Waals surface area contributed by atoms with Gasteiger partial charge < -0.3 is 24.2 Å². The molecule has 0 aromatic carbocycles. The first kappa shape index (κ1) is 17.6. The van der Waals surface area contributed by atoms with Gasteiger partial charge in [-0.05, 0) is 18.9 Å². The maximum Gasteiger partial charge on any atom is 0.232 e. The van der Waals surface area contributed by atoms with Crippen molar-refractivity contribution in [2.24, 2.45) is 0 Å². The van der Waals surface area contributed by atoms with Crippen LogP contribution in [0, 0.1) is 0 Å². The molecule has 4 rings (SSSR count). The van der Waals surface area contributed by atoms with Crippen LogP contribution in [0.1, 0.15) is 12.8 Å². The van der Waals surface area contributed by atoms with Gasteiger partial charge in [-0.25, -0.2) is 4.98 Å². The molecule has 2 saturated heterocycles. The topological polar surface area (TPSA) is 79.7 Å². The Balaban J connectivity index is 1.44. The van der Waals surface area contributed by atoms with E-state index < -0.39 is 0 Å². The lowest BCUT2D eigenvalue weighted by Gasteiger charge is -2.35. The summed E-state index contributed by atoms with van der Waals surface area (Å²) in [7, 11) is 3.18. The minimum atomic E-state index is 0.501. The number of hydrogen-bond acceptors (Lipinski definition) is 9. The van der Waals surface area contributed by atoms with Crippen molar-refractivity contribution in [3.8, 4) is 11.8 Å². The zero-order chi connectivity index (χ0) is 18.6. The van der Waals surface area contributed by atoms with Crippen LogP contribution in [0.15, 0.2) is 18.3 Å². The second-order valence-corrected chi connectivity index (χ2v) is 6.64. The zero-order valence-electron chi connectivity index (χ0n) is 15.8. The summed E-state index contributed by atoms with van der Waals surface area (Å²) < 4.78 is 10.5. The average Bonchev–Trinajstić information content (AvgIpc) is 3.28. The highest BCUT2D eigenvalue weighted by atomic mass is 16.5. The Morgan fingerprint density at radius 3 is 1.93 bits per heavy atom. The van der Waals surface area contributed by atoms with E-state index in [2.05, 4.69) is 29.7 Å². The molecule has 2 aliphatic heterocycles. The van der Waals surface area contributed by atoms with Gasteiger partial charge in [0.25, 0.3) is 0 Å². The molecular formula is C18H25N7O2. The van der Waals surface area contributed by atoms with E-state index in [1.807, 2.05) is 12.3 Å². The summed E-state index contributed by atoms with van der Waals surface area (Å²) in [5.41, 5.74) is 0. The summed E-state index contributed by atoms with van der Waals surface area (Å²) in [6, 6.07) is 3.68. The molecule has 0 spiro atoms. The molecule has 0 unspecified atom stereocenters. The Morgan fingerprint density at radius 1 is 0.741 bits per heavy atom. The summed E-state index contributed by atoms with van der Waals surface area (Å²) in [6.07, 6.45) is 4.34. The predicted molar refractivity (Wildman–Crippen MR) is 103 cm³/mol. The van der Waals surface area contributed by atoms with Crippen molar-refractivity contribution in [3.05, 3.63) is 18.3 Å². The predicted octanol–water partition coefficient (Wildman–Crippen LogP) is 1.21. The molecule has 2 aromatic heterocycles. The minimum absolute atomic E-state index is 0.501. The molecule has 0 amide bonds. The Hall–Kier alpha value is -2.84. The summed E-state index contributed by atoms with van der Waals surface area (Å²) >= 11 is 0. The second-order valence-electron chi connectivity index (χ2n) is 6.64. The van der Waals surface area contributed by atoms with Crippen LogP contribution in [-0.4, -0.2) is 73.4 Å². The molecule has 9 heteroatoms. The van der Waals surface area contributed by atoms with E-state index >= 15 is 0 Å². The SMILES string of the molecule is COc1cc(OC)nc(N2CCN(c3nccc(N4CCCC4)n3)CC2)n1. The van der Waals surface area contributed by atoms with Crippen LogP contribution in [0.5, 0.6) is 11.8 Å². The van der Waals surface area contributed by atoms with Crippen molar-refractivity contribution < 1.29 is 9.47 Å². The Morgan fingerprint density at radius 2 is 1.33 bits per heavy atom. The highest BCUT2D eigenvalue weighted by Crippen LogP contribution is 2.23. The van der Waals surface area contributed by atoms with Crippen molar-refractivity contribution in [2.45, 2.75) is 12.8 Å². The average molecular weight is 371 g/mol. The van der Waals surface area contributed by atoms with Crippen molar-refractivity contribution in [3.63, 3.8) is 0 Å². The molecule has 2 aliphatic rings. The van der Waals surface area contributed by atoms with Crippen LogP contribution in [0.25, 0.3) is 0 Å². The van der Waals surface area contributed by atoms with Crippen LogP contribution >= 0.6 is 0 Å². The monoisotopic (exact) mass is 371 g/mol. The standard InChI is InChI=1S/C18H25N7O2/c1-26-15-13-16(27-2)22-18(21-15)25-11-9-24(10-12-25)17-19-6-5-14(20-17)23-7-3-4-8-23/h5-6,13H,3-4,7-12H2,1-2H3. The zero-order valence-corrected chi connectivity index (χ0v) is 15.8. The van der Waals surface area contributed by atoms with Gasteiger partial charge in [0.05, 0.1) is 20.3 Å². The summed E-state index contributed by atoms with van der Waals surface area (Å²) in [5.74, 6) is 3.45. The smallest absolute Gasteiger partial charge is 0.232 e. The summed E-state index contributed by atoms with van der Waals surface area (Å²) in [5, 5.41) is 0. The quantitative estimate of drug-likeness (QED) is 0.770. The molecule has 9 nitrogen and oxygen atoms in total. The third-order valence-electron chi connectivity index (χ3n) is 4.99. The van der Waals surface area contributed by atoms with Gasteiger partial charge >= 0.3 is 0 Å². The Kier molecular flexibility index (Phi) is 5.08. The molecule has 27 heavy (non-hydrogen) atoms. The second kappa shape index (κ2) is 7.81. The molecule has 0 bridgehead atoms. The first-order valence-electron chi connectivity index (χ1n) is 9.32. The lowest BCUT2D eigenvalue weighted by Crippen LogP contribution is -2.47. The maximum atomic E-state index is 5.25. The van der Waals surface area contributed by atoms with Gasteiger partial charge in [0.1, 0.15) is 5.82 Å². The van der Waals surface area contributed by atoms with Crippen molar-refractivity contribution in [1.29, 1.82) is 0 Å². The molecule has 0 radical (unpaired) electrons. The fourth-order valence-corrected chi connectivity index (χ4v) is 3.46. The number of hydrogen-bond donors (Lipinski definition) is 0. The third-order valence-corrected chi connectivity index (χ3v) is 4.99. The van der Waals surface area contributed by atoms with Gasteiger partial charge in [-0.2, -0.15) is 15.0 Å². The van der Waals surface area contributed by atoms with Gasteiger partial charge in [-0.15, -0.1) is 0 Å². The van der Waals surface area contributed by atoms with Crippen LogP contribution in [0.4, 0.5) is 17.7 Å². The lowest BCUT2D eigenvalue weighted by molar-refractivity contribution is 0.371. The van der Waals surface area contributed by atoms with Crippen LogP contribution in [0.3, 0.4) is 0 Å². The fraction of sp³-hybridized carbons (Fsp3) is 0.556. The fourth-order valence-electron chi connectivity index (χ4n) is 3.46. The molecule has 144 valence electrons. The molecule has 0 N–H and O–H groups in total. The van der Waals surface area contributed by atoms with Gasteiger partial charge in [0.2, 0.25) is 23.7 Å². The molecule has 0 atom stereocenters. The third kappa shape index (κ3) is 3.81. The highest BCUT2D eigenvalue weighted by Gasteiger charge is 2.23. The van der Waals surface area contributed by atoms with E-state index in [9.17, 15) is 0 Å². The van der Waals surface area contributed by atoms with E-state index in [0.717, 1.165) is 51.0 Å². The van der Waals surface area contributed by atoms with Gasteiger partial charge in [-0.3, -0.25) is 0 Å². The first-order chi connectivity index (χ1) is 13.3. The minimum Gasteiger partial charge on any atom is -0.481 e. The van der Waals surface area contributed by atoms with Crippen molar-refractivity contribution in [2.75, 3.05) is 68.2 Å². The van der Waals surface area contributed by atoms with Crippen molar-refractivity contribution >= 4 is 17.7 Å². The molecule has 2 aromatic rings. The Labute approximate surface area is 159 Å². The number of methoxy groups -OCH3 is 2. The number of piperazine rings is 1. The van der Waals surface area contributed by atoms with E-state index in [4.69, 9.17) is 14.5 Å².